The summed E-state index contributed by atoms with van der Waals surface area (Å²) in [6, 6.07) is 0. The van der Waals surface area contributed by atoms with E-state index >= 15 is 0 Å². The van der Waals surface area contributed by atoms with Gasteiger partial charge in [-0.15, -0.1) is 0 Å². The average molecular weight is 258 g/mol. The second-order valence-corrected chi connectivity index (χ2v) is 7.64. The quantitative estimate of drug-likeness (QED) is 0.661. The van der Waals surface area contributed by atoms with E-state index in [9.17, 15) is 0 Å². The molecule has 0 radical (unpaired) electrons. The minimum atomic E-state index is -0.0868. The first-order chi connectivity index (χ1) is 7.94. The number of ether oxygens (including phenoxy) is 2. The molecule has 0 fully saturated rings. The summed E-state index contributed by atoms with van der Waals surface area (Å²) >= 11 is 0. The fraction of sp³-hybridized carbons (Fsp3) is 1.00. The van der Waals surface area contributed by atoms with Crippen molar-refractivity contribution >= 4 is 0 Å². The van der Waals surface area contributed by atoms with E-state index in [-0.39, 0.29) is 23.2 Å². The predicted molar refractivity (Wildman–Crippen MR) is 79.0 cm³/mol. The molecule has 0 aliphatic carbocycles. The van der Waals surface area contributed by atoms with Crippen LogP contribution in [0.5, 0.6) is 0 Å². The number of hydrogen-bond acceptors (Lipinski definition) is 2. The molecule has 0 rings (SSSR count). The van der Waals surface area contributed by atoms with Crippen LogP contribution >= 0.6 is 0 Å². The molecule has 0 bridgehead atoms. The van der Waals surface area contributed by atoms with Crippen LogP contribution in [0.25, 0.3) is 0 Å². The van der Waals surface area contributed by atoms with Gasteiger partial charge in [0, 0.05) is 0 Å². The summed E-state index contributed by atoms with van der Waals surface area (Å²) in [4.78, 5) is 0. The highest BCUT2D eigenvalue weighted by atomic mass is 16.5. The Labute approximate surface area is 114 Å². The van der Waals surface area contributed by atoms with Crippen LogP contribution in [0.1, 0.15) is 68.7 Å². The van der Waals surface area contributed by atoms with Crippen LogP contribution in [-0.4, -0.2) is 24.4 Å². The molecule has 2 nitrogen and oxygen atoms in total. The summed E-state index contributed by atoms with van der Waals surface area (Å²) in [5.74, 6) is 0.506. The second-order valence-electron chi connectivity index (χ2n) is 7.64. The average Bonchev–Trinajstić information content (AvgIpc) is 2.10. The molecule has 0 aromatic rings. The van der Waals surface area contributed by atoms with Crippen molar-refractivity contribution in [1.82, 2.24) is 0 Å². The third kappa shape index (κ3) is 8.10. The molecule has 0 aromatic heterocycles. The Balaban J connectivity index is 4.42. The largest absolute Gasteiger partial charge is 0.373 e. The van der Waals surface area contributed by atoms with E-state index in [1.165, 1.54) is 0 Å². The van der Waals surface area contributed by atoms with Gasteiger partial charge in [0.25, 0.3) is 0 Å². The Bertz CT molecular complexity index is 224. The highest BCUT2D eigenvalue weighted by molar-refractivity contribution is 4.76. The van der Waals surface area contributed by atoms with E-state index in [1.807, 2.05) is 0 Å². The third-order valence-electron chi connectivity index (χ3n) is 3.34. The van der Waals surface area contributed by atoms with Gasteiger partial charge in [0.15, 0.2) is 0 Å². The molecule has 1 unspecified atom stereocenters. The maximum Gasteiger partial charge on any atom is 0.0817 e. The zero-order valence-corrected chi connectivity index (χ0v) is 14.0. The van der Waals surface area contributed by atoms with E-state index in [0.717, 1.165) is 6.42 Å². The van der Waals surface area contributed by atoms with E-state index in [4.69, 9.17) is 9.47 Å². The lowest BCUT2D eigenvalue weighted by molar-refractivity contribution is -0.118. The molecule has 0 saturated carbocycles. The van der Waals surface area contributed by atoms with Crippen molar-refractivity contribution < 1.29 is 9.47 Å². The Morgan fingerprint density at radius 2 is 1.39 bits per heavy atom. The van der Waals surface area contributed by atoms with Gasteiger partial charge in [-0.2, -0.15) is 0 Å². The Morgan fingerprint density at radius 3 is 1.72 bits per heavy atom. The van der Waals surface area contributed by atoms with Gasteiger partial charge in [-0.25, -0.2) is 0 Å². The highest BCUT2D eigenvalue weighted by Crippen LogP contribution is 2.26. The molecule has 0 amide bonds. The minimum Gasteiger partial charge on any atom is -0.373 e. The fourth-order valence-corrected chi connectivity index (χ4v) is 1.69. The summed E-state index contributed by atoms with van der Waals surface area (Å²) in [5.41, 5.74) is 0.182. The topological polar surface area (TPSA) is 18.5 Å². The maximum absolute atomic E-state index is 6.07. The molecule has 110 valence electrons. The van der Waals surface area contributed by atoms with Gasteiger partial charge in [0.05, 0.1) is 24.4 Å². The summed E-state index contributed by atoms with van der Waals surface area (Å²) in [6.07, 6.45) is 1.46. The van der Waals surface area contributed by atoms with Crippen molar-refractivity contribution in [3.05, 3.63) is 0 Å². The van der Waals surface area contributed by atoms with E-state index < -0.39 is 0 Å². The summed E-state index contributed by atoms with van der Waals surface area (Å²) in [5, 5.41) is 0. The smallest absolute Gasteiger partial charge is 0.0817 e. The van der Waals surface area contributed by atoms with Crippen LogP contribution < -0.4 is 0 Å². The lowest BCUT2D eigenvalue weighted by atomic mass is 9.89. The molecule has 2 heteroatoms. The van der Waals surface area contributed by atoms with Gasteiger partial charge in [-0.3, -0.25) is 0 Å². The first-order valence-corrected chi connectivity index (χ1v) is 7.23. The monoisotopic (exact) mass is 258 g/mol. The van der Waals surface area contributed by atoms with Crippen LogP contribution in [0.3, 0.4) is 0 Å². The first kappa shape index (κ1) is 17.9. The van der Waals surface area contributed by atoms with Crippen molar-refractivity contribution in [3.63, 3.8) is 0 Å². The zero-order chi connectivity index (χ0) is 14.6. The van der Waals surface area contributed by atoms with Crippen molar-refractivity contribution in [2.75, 3.05) is 6.61 Å². The number of hydrogen-bond donors (Lipinski definition) is 0. The molecule has 0 spiro atoms. The molecular weight excluding hydrogens is 224 g/mol. The van der Waals surface area contributed by atoms with Gasteiger partial charge in [0.2, 0.25) is 0 Å². The zero-order valence-electron chi connectivity index (χ0n) is 14.0. The van der Waals surface area contributed by atoms with E-state index in [2.05, 4.69) is 62.3 Å². The Morgan fingerprint density at radius 1 is 0.889 bits per heavy atom. The van der Waals surface area contributed by atoms with Crippen molar-refractivity contribution in [2.24, 2.45) is 11.3 Å². The molecule has 0 N–H and O–H groups in total. The maximum atomic E-state index is 6.07. The molecule has 1 atom stereocenters. The normalized spacial score (nSPS) is 15.5. The molecule has 0 aromatic carbocycles. The molecule has 0 aliphatic heterocycles. The highest BCUT2D eigenvalue weighted by Gasteiger charge is 2.27. The summed E-state index contributed by atoms with van der Waals surface area (Å²) < 4.78 is 12.1. The van der Waals surface area contributed by atoms with Gasteiger partial charge in [0.1, 0.15) is 0 Å². The molecule has 0 saturated heterocycles. The van der Waals surface area contributed by atoms with Gasteiger partial charge >= 0.3 is 0 Å². The predicted octanol–water partition coefficient (Wildman–Crippen LogP) is 4.67. The lowest BCUT2D eigenvalue weighted by Crippen LogP contribution is -2.37. The van der Waals surface area contributed by atoms with E-state index in [1.54, 1.807) is 0 Å². The molecule has 0 heterocycles. The van der Waals surface area contributed by atoms with Crippen molar-refractivity contribution in [2.45, 2.75) is 86.5 Å². The van der Waals surface area contributed by atoms with Gasteiger partial charge in [-0.05, 0) is 45.4 Å². The van der Waals surface area contributed by atoms with Gasteiger partial charge < -0.3 is 9.47 Å². The van der Waals surface area contributed by atoms with Crippen LogP contribution in [0, 0.1) is 11.3 Å². The lowest BCUT2D eigenvalue weighted by Gasteiger charge is -2.34. The first-order valence-electron chi connectivity index (χ1n) is 7.23. The number of rotatable bonds is 7. The second kappa shape index (κ2) is 6.91. The molecule has 18 heavy (non-hydrogen) atoms. The molecule has 0 aliphatic rings. The van der Waals surface area contributed by atoms with Crippen LogP contribution in [0.2, 0.25) is 0 Å². The van der Waals surface area contributed by atoms with Crippen LogP contribution in [0.15, 0.2) is 0 Å². The Hall–Kier alpha value is -0.0800. The Kier molecular flexibility index (Phi) is 6.87. The fourth-order valence-electron chi connectivity index (χ4n) is 1.69. The molecular formula is C16H34O2. The third-order valence-corrected chi connectivity index (χ3v) is 3.34. The van der Waals surface area contributed by atoms with Crippen LogP contribution in [-0.2, 0) is 9.47 Å². The van der Waals surface area contributed by atoms with Crippen molar-refractivity contribution in [3.8, 4) is 0 Å². The minimum absolute atomic E-state index is 0.0868. The standard InChI is InChI=1S/C16H34O2/c1-12(2)16(8,9)17-11-14(18-13(3)4)10-15(5,6)7/h12-14H,10-11H2,1-9H3. The van der Waals surface area contributed by atoms with Gasteiger partial charge in [-0.1, -0.05) is 34.6 Å². The summed E-state index contributed by atoms with van der Waals surface area (Å²) in [7, 11) is 0. The SMILES string of the molecule is CC(C)OC(COC(C)(C)C(C)C)CC(C)(C)C. The van der Waals surface area contributed by atoms with Crippen molar-refractivity contribution in [1.29, 1.82) is 0 Å². The van der Waals surface area contributed by atoms with E-state index in [0.29, 0.717) is 12.5 Å². The summed E-state index contributed by atoms with van der Waals surface area (Å²) in [6.45, 7) is 20.3. The van der Waals surface area contributed by atoms with Crippen LogP contribution in [0.4, 0.5) is 0 Å².